The van der Waals surface area contributed by atoms with Gasteiger partial charge in [0.15, 0.2) is 0 Å². The van der Waals surface area contributed by atoms with Crippen molar-refractivity contribution in [3.8, 4) is 5.88 Å². The molecule has 1 atom stereocenters. The smallest absolute Gasteiger partial charge is 0.321 e. The van der Waals surface area contributed by atoms with E-state index >= 15 is 0 Å². The molecular weight excluding hydrogens is 210 g/mol. The van der Waals surface area contributed by atoms with E-state index < -0.39 is 12.0 Å². The molecule has 0 aliphatic heterocycles. The minimum Gasteiger partial charge on any atom is -0.481 e. The molecule has 0 aliphatic carbocycles. The highest BCUT2D eigenvalue weighted by atomic mass is 16.5. The Kier molecular flexibility index (Phi) is 4.68. The normalized spacial score (nSPS) is 12.1. The fourth-order valence-electron chi connectivity index (χ4n) is 1.10. The fraction of sp³-hybridized carbons (Fsp3) is 0.400. The summed E-state index contributed by atoms with van der Waals surface area (Å²) in [6.45, 7) is 0.749. The van der Waals surface area contributed by atoms with Crippen LogP contribution in [0.4, 0.5) is 0 Å². The lowest BCUT2D eigenvalue weighted by Crippen LogP contribution is -2.40. The van der Waals surface area contributed by atoms with Crippen LogP contribution in [0.2, 0.25) is 0 Å². The van der Waals surface area contributed by atoms with Gasteiger partial charge in [-0.25, -0.2) is 4.98 Å². The zero-order chi connectivity index (χ0) is 12.0. The molecule has 6 heteroatoms. The molecule has 6 nitrogen and oxygen atoms in total. The van der Waals surface area contributed by atoms with Gasteiger partial charge in [0.05, 0.1) is 7.11 Å². The quantitative estimate of drug-likeness (QED) is 0.609. The largest absolute Gasteiger partial charge is 0.481 e. The molecule has 0 radical (unpaired) electrons. The first-order valence-corrected chi connectivity index (χ1v) is 4.81. The van der Waals surface area contributed by atoms with E-state index in [4.69, 9.17) is 15.6 Å². The van der Waals surface area contributed by atoms with Crippen molar-refractivity contribution >= 4 is 5.97 Å². The van der Waals surface area contributed by atoms with E-state index in [1.807, 2.05) is 6.07 Å². The van der Waals surface area contributed by atoms with Crippen LogP contribution < -0.4 is 15.8 Å². The first kappa shape index (κ1) is 12.4. The standard InChI is InChI=1S/C10H15N3O3/c1-16-9-3-2-7(5-13-9)4-12-6-8(11)10(14)15/h2-3,5,8,12H,4,6,11H2,1H3,(H,14,15). The molecule has 1 rings (SSSR count). The highest BCUT2D eigenvalue weighted by molar-refractivity contribution is 5.73. The van der Waals surface area contributed by atoms with Gasteiger partial charge >= 0.3 is 5.97 Å². The maximum Gasteiger partial charge on any atom is 0.321 e. The van der Waals surface area contributed by atoms with Gasteiger partial charge in [-0.3, -0.25) is 4.79 Å². The number of ether oxygens (including phenoxy) is 1. The summed E-state index contributed by atoms with van der Waals surface area (Å²) >= 11 is 0. The number of aromatic nitrogens is 1. The fourth-order valence-corrected chi connectivity index (χ4v) is 1.10. The Bertz CT molecular complexity index is 340. The van der Waals surface area contributed by atoms with E-state index in [1.54, 1.807) is 19.4 Å². The highest BCUT2D eigenvalue weighted by Gasteiger charge is 2.09. The van der Waals surface area contributed by atoms with E-state index in [-0.39, 0.29) is 6.54 Å². The summed E-state index contributed by atoms with van der Waals surface area (Å²) in [5.41, 5.74) is 6.27. The maximum absolute atomic E-state index is 10.4. The number of rotatable bonds is 6. The zero-order valence-electron chi connectivity index (χ0n) is 9.01. The third-order valence-corrected chi connectivity index (χ3v) is 2.02. The summed E-state index contributed by atoms with van der Waals surface area (Å²) in [6, 6.07) is 2.71. The van der Waals surface area contributed by atoms with E-state index in [9.17, 15) is 4.79 Å². The summed E-state index contributed by atoms with van der Waals surface area (Å²) in [5.74, 6) is -0.466. The monoisotopic (exact) mass is 225 g/mol. The zero-order valence-corrected chi connectivity index (χ0v) is 9.01. The van der Waals surface area contributed by atoms with Crippen molar-refractivity contribution in [2.24, 2.45) is 5.73 Å². The molecule has 16 heavy (non-hydrogen) atoms. The Balaban J connectivity index is 2.34. The van der Waals surface area contributed by atoms with Crippen LogP contribution in [0.15, 0.2) is 18.3 Å². The number of nitrogens with zero attached hydrogens (tertiary/aromatic N) is 1. The number of carbonyl (C=O) groups is 1. The van der Waals surface area contributed by atoms with Crippen LogP contribution in [0.3, 0.4) is 0 Å². The van der Waals surface area contributed by atoms with Crippen LogP contribution in [0, 0.1) is 0 Å². The van der Waals surface area contributed by atoms with E-state index in [1.165, 1.54) is 0 Å². The van der Waals surface area contributed by atoms with Gasteiger partial charge in [-0.2, -0.15) is 0 Å². The molecule has 0 spiro atoms. The molecule has 88 valence electrons. The van der Waals surface area contributed by atoms with Crippen molar-refractivity contribution in [1.82, 2.24) is 10.3 Å². The van der Waals surface area contributed by atoms with E-state index in [0.29, 0.717) is 12.4 Å². The summed E-state index contributed by atoms with van der Waals surface area (Å²) in [5, 5.41) is 11.5. The molecule has 0 bridgehead atoms. The predicted octanol–water partition coefficient (Wildman–Crippen LogP) is -0.408. The molecule has 0 amide bonds. The molecular formula is C10H15N3O3. The molecule has 0 saturated heterocycles. The lowest BCUT2D eigenvalue weighted by atomic mass is 10.2. The van der Waals surface area contributed by atoms with Crippen molar-refractivity contribution in [3.05, 3.63) is 23.9 Å². The Hall–Kier alpha value is -1.66. The highest BCUT2D eigenvalue weighted by Crippen LogP contribution is 2.05. The number of carboxylic acids is 1. The van der Waals surface area contributed by atoms with Gasteiger partial charge in [-0.05, 0) is 5.56 Å². The molecule has 0 fully saturated rings. The summed E-state index contributed by atoms with van der Waals surface area (Å²) in [4.78, 5) is 14.5. The molecule has 1 unspecified atom stereocenters. The van der Waals surface area contributed by atoms with Gasteiger partial charge in [0, 0.05) is 25.4 Å². The lowest BCUT2D eigenvalue weighted by Gasteiger charge is -2.08. The number of pyridine rings is 1. The molecule has 1 heterocycles. The Labute approximate surface area is 93.4 Å². The van der Waals surface area contributed by atoms with Crippen LogP contribution >= 0.6 is 0 Å². The minimum atomic E-state index is -1.01. The van der Waals surface area contributed by atoms with Gasteiger partial charge in [0.25, 0.3) is 0 Å². The lowest BCUT2D eigenvalue weighted by molar-refractivity contribution is -0.138. The van der Waals surface area contributed by atoms with Crippen molar-refractivity contribution in [3.63, 3.8) is 0 Å². The number of nitrogens with two attached hydrogens (primary N) is 1. The van der Waals surface area contributed by atoms with Gasteiger partial charge in [0.2, 0.25) is 5.88 Å². The predicted molar refractivity (Wildman–Crippen MR) is 58.1 cm³/mol. The SMILES string of the molecule is COc1ccc(CNCC(N)C(=O)O)cn1. The second-order valence-electron chi connectivity index (χ2n) is 3.28. The summed E-state index contributed by atoms with van der Waals surface area (Å²) in [6.07, 6.45) is 1.66. The van der Waals surface area contributed by atoms with Crippen LogP contribution in [0.5, 0.6) is 5.88 Å². The minimum absolute atomic E-state index is 0.224. The number of hydrogen-bond acceptors (Lipinski definition) is 5. The van der Waals surface area contributed by atoms with E-state index in [0.717, 1.165) is 5.56 Å². The van der Waals surface area contributed by atoms with Gasteiger partial charge in [-0.15, -0.1) is 0 Å². The molecule has 0 aliphatic rings. The molecule has 1 aromatic heterocycles. The third-order valence-electron chi connectivity index (χ3n) is 2.02. The number of methoxy groups -OCH3 is 1. The number of carboxylic acid groups (broad SMARTS) is 1. The molecule has 0 aromatic carbocycles. The second kappa shape index (κ2) is 6.04. The number of hydrogen-bond donors (Lipinski definition) is 3. The molecule has 4 N–H and O–H groups in total. The number of nitrogens with one attached hydrogen (secondary N) is 1. The Morgan fingerprint density at radius 1 is 1.69 bits per heavy atom. The Morgan fingerprint density at radius 2 is 2.44 bits per heavy atom. The Morgan fingerprint density at radius 3 is 2.94 bits per heavy atom. The maximum atomic E-state index is 10.4. The molecule has 0 saturated carbocycles. The van der Waals surface area contributed by atoms with Crippen LogP contribution in [0.25, 0.3) is 0 Å². The average Bonchev–Trinajstić information content (AvgIpc) is 2.29. The molecule has 1 aromatic rings. The van der Waals surface area contributed by atoms with E-state index in [2.05, 4.69) is 10.3 Å². The summed E-state index contributed by atoms with van der Waals surface area (Å²) < 4.78 is 4.91. The van der Waals surface area contributed by atoms with Gasteiger partial charge < -0.3 is 20.9 Å². The first-order chi connectivity index (χ1) is 7.63. The van der Waals surface area contributed by atoms with Crippen molar-refractivity contribution < 1.29 is 14.6 Å². The van der Waals surface area contributed by atoms with Crippen molar-refractivity contribution in [2.45, 2.75) is 12.6 Å². The van der Waals surface area contributed by atoms with Crippen molar-refractivity contribution in [1.29, 1.82) is 0 Å². The van der Waals surface area contributed by atoms with Gasteiger partial charge in [-0.1, -0.05) is 6.07 Å². The first-order valence-electron chi connectivity index (χ1n) is 4.81. The summed E-state index contributed by atoms with van der Waals surface area (Å²) in [7, 11) is 1.55. The average molecular weight is 225 g/mol. The van der Waals surface area contributed by atoms with Crippen molar-refractivity contribution in [2.75, 3.05) is 13.7 Å². The number of aliphatic carboxylic acids is 1. The van der Waals surface area contributed by atoms with Crippen LogP contribution in [-0.4, -0.2) is 35.8 Å². The van der Waals surface area contributed by atoms with Crippen LogP contribution in [0.1, 0.15) is 5.56 Å². The second-order valence-corrected chi connectivity index (χ2v) is 3.28. The van der Waals surface area contributed by atoms with Crippen LogP contribution in [-0.2, 0) is 11.3 Å². The topological polar surface area (TPSA) is 97.5 Å². The van der Waals surface area contributed by atoms with Gasteiger partial charge in [0.1, 0.15) is 6.04 Å². The third kappa shape index (κ3) is 3.84.